The lowest BCUT2D eigenvalue weighted by molar-refractivity contribution is 0.239. The summed E-state index contributed by atoms with van der Waals surface area (Å²) in [4.78, 5) is 13.8. The minimum atomic E-state index is -0.389. The summed E-state index contributed by atoms with van der Waals surface area (Å²) in [5, 5.41) is 2.84. The van der Waals surface area contributed by atoms with Gasteiger partial charge in [-0.15, -0.1) is 0 Å². The Kier molecular flexibility index (Phi) is 3.73. The second kappa shape index (κ2) is 5.83. The maximum atomic E-state index is 13.4. The van der Waals surface area contributed by atoms with Crippen LogP contribution in [0.1, 0.15) is 5.56 Å². The second-order valence-corrected chi connectivity index (χ2v) is 4.76. The number of carbonyl (C=O) groups is 1. The molecule has 2 aromatic carbocycles. The number of rotatable bonds is 2. The first kappa shape index (κ1) is 13.4. The lowest BCUT2D eigenvalue weighted by Crippen LogP contribution is -2.44. The van der Waals surface area contributed by atoms with Crippen LogP contribution in [0, 0.1) is 5.82 Å². The fourth-order valence-corrected chi connectivity index (χ4v) is 2.27. The predicted molar refractivity (Wildman–Crippen MR) is 77.9 cm³/mol. The number of hydrogen-bond acceptors (Lipinski definition) is 2. The number of hydrogen-bond donors (Lipinski definition) is 1. The fourth-order valence-electron chi connectivity index (χ4n) is 2.27. The highest BCUT2D eigenvalue weighted by Crippen LogP contribution is 2.32. The van der Waals surface area contributed by atoms with Gasteiger partial charge in [-0.25, -0.2) is 9.18 Å². The van der Waals surface area contributed by atoms with Crippen molar-refractivity contribution in [2.45, 2.75) is 6.54 Å². The molecule has 21 heavy (non-hydrogen) atoms. The predicted octanol–water partition coefficient (Wildman–Crippen LogP) is 2.93. The van der Waals surface area contributed by atoms with E-state index in [2.05, 4.69) is 5.32 Å². The molecule has 0 aromatic heterocycles. The van der Waals surface area contributed by atoms with Gasteiger partial charge in [0, 0.05) is 12.6 Å². The molecule has 3 rings (SSSR count). The Labute approximate surface area is 122 Å². The zero-order valence-electron chi connectivity index (χ0n) is 11.4. The van der Waals surface area contributed by atoms with E-state index in [9.17, 15) is 9.18 Å². The number of anilines is 1. The molecule has 0 saturated carbocycles. The molecule has 0 spiro atoms. The van der Waals surface area contributed by atoms with Crippen molar-refractivity contribution in [3.05, 3.63) is 59.9 Å². The minimum Gasteiger partial charge on any atom is -0.490 e. The number of nitrogens with one attached hydrogen (secondary N) is 1. The van der Waals surface area contributed by atoms with Gasteiger partial charge in [0.05, 0.1) is 12.2 Å². The summed E-state index contributed by atoms with van der Waals surface area (Å²) < 4.78 is 18.8. The highest BCUT2D eigenvalue weighted by Gasteiger charge is 2.23. The summed E-state index contributed by atoms with van der Waals surface area (Å²) in [6, 6.07) is 13.6. The topological polar surface area (TPSA) is 41.6 Å². The van der Waals surface area contributed by atoms with E-state index in [1.165, 1.54) is 17.0 Å². The Balaban J connectivity index is 1.73. The highest BCUT2D eigenvalue weighted by molar-refractivity contribution is 5.94. The van der Waals surface area contributed by atoms with Gasteiger partial charge in [-0.3, -0.25) is 4.90 Å². The molecular formula is C16H15FN2O2. The van der Waals surface area contributed by atoms with Crippen molar-refractivity contribution in [2.75, 3.05) is 18.1 Å². The number of carbonyl (C=O) groups excluding carboxylic acids is 1. The molecule has 0 atom stereocenters. The molecule has 108 valence electrons. The minimum absolute atomic E-state index is 0.256. The Hall–Kier alpha value is -2.56. The average molecular weight is 286 g/mol. The first-order valence-electron chi connectivity index (χ1n) is 6.76. The number of urea groups is 1. The van der Waals surface area contributed by atoms with Gasteiger partial charge in [-0.1, -0.05) is 30.3 Å². The molecule has 1 aliphatic heterocycles. The lowest BCUT2D eigenvalue weighted by Gasteiger charge is -2.29. The molecule has 0 saturated heterocycles. The third-order valence-electron chi connectivity index (χ3n) is 3.32. The molecule has 1 aliphatic rings. The van der Waals surface area contributed by atoms with Crippen molar-refractivity contribution in [2.24, 2.45) is 0 Å². The summed E-state index contributed by atoms with van der Waals surface area (Å²) in [5.41, 5.74) is 1.48. The van der Waals surface area contributed by atoms with Crippen molar-refractivity contribution in [1.82, 2.24) is 5.32 Å². The van der Waals surface area contributed by atoms with Crippen LogP contribution in [0.25, 0.3) is 0 Å². The quantitative estimate of drug-likeness (QED) is 0.922. The zero-order valence-corrected chi connectivity index (χ0v) is 11.4. The van der Waals surface area contributed by atoms with Gasteiger partial charge in [0.15, 0.2) is 0 Å². The van der Waals surface area contributed by atoms with Crippen LogP contribution in [-0.4, -0.2) is 19.2 Å². The highest BCUT2D eigenvalue weighted by atomic mass is 19.1. The molecule has 0 bridgehead atoms. The molecule has 1 N–H and O–H groups in total. The SMILES string of the molecule is O=C(NCc1ccccc1)N1CCOc2ccc(F)cc21. The van der Waals surface area contributed by atoms with Gasteiger partial charge in [-0.2, -0.15) is 0 Å². The van der Waals surface area contributed by atoms with E-state index < -0.39 is 0 Å². The molecule has 1 heterocycles. The first-order valence-corrected chi connectivity index (χ1v) is 6.76. The van der Waals surface area contributed by atoms with E-state index >= 15 is 0 Å². The normalized spacial score (nSPS) is 13.3. The van der Waals surface area contributed by atoms with Crippen LogP contribution in [0.15, 0.2) is 48.5 Å². The molecule has 0 aliphatic carbocycles. The second-order valence-electron chi connectivity index (χ2n) is 4.76. The summed E-state index contributed by atoms with van der Waals surface area (Å²) in [7, 11) is 0. The monoisotopic (exact) mass is 286 g/mol. The molecule has 0 radical (unpaired) electrons. The van der Waals surface area contributed by atoms with E-state index in [1.54, 1.807) is 6.07 Å². The Bertz CT molecular complexity index is 646. The van der Waals surface area contributed by atoms with Gasteiger partial charge in [-0.05, 0) is 17.7 Å². The van der Waals surface area contributed by atoms with Crippen LogP contribution < -0.4 is 15.0 Å². The van der Waals surface area contributed by atoms with Crippen molar-refractivity contribution in [1.29, 1.82) is 0 Å². The van der Waals surface area contributed by atoms with Crippen molar-refractivity contribution < 1.29 is 13.9 Å². The van der Waals surface area contributed by atoms with Gasteiger partial charge in [0.2, 0.25) is 0 Å². The maximum Gasteiger partial charge on any atom is 0.322 e. The summed E-state index contributed by atoms with van der Waals surface area (Å²) >= 11 is 0. The van der Waals surface area contributed by atoms with Gasteiger partial charge in [0.1, 0.15) is 18.2 Å². The van der Waals surface area contributed by atoms with E-state index in [4.69, 9.17) is 4.74 Å². The number of benzene rings is 2. The molecular weight excluding hydrogens is 271 g/mol. The van der Waals surface area contributed by atoms with Crippen molar-refractivity contribution >= 4 is 11.7 Å². The van der Waals surface area contributed by atoms with E-state index in [0.717, 1.165) is 5.56 Å². The first-order chi connectivity index (χ1) is 10.2. The molecule has 2 amide bonds. The Morgan fingerprint density at radius 3 is 2.86 bits per heavy atom. The number of fused-ring (bicyclic) bond motifs is 1. The van der Waals surface area contributed by atoms with Gasteiger partial charge < -0.3 is 10.1 Å². The molecule has 2 aromatic rings. The van der Waals surface area contributed by atoms with Crippen LogP contribution in [0.5, 0.6) is 5.75 Å². The van der Waals surface area contributed by atoms with Gasteiger partial charge in [0.25, 0.3) is 0 Å². The lowest BCUT2D eigenvalue weighted by atomic mass is 10.2. The smallest absolute Gasteiger partial charge is 0.322 e. The Morgan fingerprint density at radius 1 is 1.24 bits per heavy atom. The summed E-state index contributed by atoms with van der Waals surface area (Å²) in [6.45, 7) is 1.23. The van der Waals surface area contributed by atoms with Crippen LogP contribution in [0.2, 0.25) is 0 Å². The van der Waals surface area contributed by atoms with Gasteiger partial charge >= 0.3 is 6.03 Å². The van der Waals surface area contributed by atoms with Crippen LogP contribution in [0.3, 0.4) is 0 Å². The van der Waals surface area contributed by atoms with Crippen molar-refractivity contribution in [3.63, 3.8) is 0 Å². The summed E-state index contributed by atoms with van der Waals surface area (Å²) in [5.74, 6) is 0.137. The third-order valence-corrected chi connectivity index (χ3v) is 3.32. The number of ether oxygens (including phenoxy) is 1. The fraction of sp³-hybridized carbons (Fsp3) is 0.188. The molecule has 0 fully saturated rings. The number of nitrogens with zero attached hydrogens (tertiary/aromatic N) is 1. The van der Waals surface area contributed by atoms with Crippen LogP contribution in [-0.2, 0) is 6.54 Å². The third kappa shape index (κ3) is 2.97. The summed E-state index contributed by atoms with van der Waals surface area (Å²) in [6.07, 6.45) is 0. The number of amides is 2. The van der Waals surface area contributed by atoms with E-state index in [1.807, 2.05) is 30.3 Å². The van der Waals surface area contributed by atoms with Crippen molar-refractivity contribution in [3.8, 4) is 5.75 Å². The zero-order chi connectivity index (χ0) is 14.7. The standard InChI is InChI=1S/C16H15FN2O2/c17-13-6-7-15-14(10-13)19(8-9-21-15)16(20)18-11-12-4-2-1-3-5-12/h1-7,10H,8-9,11H2,(H,18,20). The Morgan fingerprint density at radius 2 is 2.05 bits per heavy atom. The molecule has 0 unspecified atom stereocenters. The average Bonchev–Trinajstić information content (AvgIpc) is 2.53. The van der Waals surface area contributed by atoms with Crippen LogP contribution >= 0.6 is 0 Å². The van der Waals surface area contributed by atoms with Crippen LogP contribution in [0.4, 0.5) is 14.9 Å². The number of halogens is 1. The van der Waals surface area contributed by atoms with E-state index in [0.29, 0.717) is 31.1 Å². The van der Waals surface area contributed by atoms with E-state index in [-0.39, 0.29) is 11.8 Å². The largest absolute Gasteiger partial charge is 0.490 e. The molecule has 5 heteroatoms. The maximum absolute atomic E-state index is 13.4. The molecule has 4 nitrogen and oxygen atoms in total.